The van der Waals surface area contributed by atoms with Gasteiger partial charge in [0.05, 0.1) is 6.67 Å². The summed E-state index contributed by atoms with van der Waals surface area (Å²) >= 11 is 0. The molecule has 0 fully saturated rings. The lowest BCUT2D eigenvalue weighted by Crippen LogP contribution is -2.39. The van der Waals surface area contributed by atoms with Crippen molar-refractivity contribution in [1.29, 1.82) is 0 Å². The van der Waals surface area contributed by atoms with Gasteiger partial charge in [0.2, 0.25) is 0 Å². The molecular formula is C8H19N2. The first-order chi connectivity index (χ1) is 4.34. The van der Waals surface area contributed by atoms with Crippen molar-refractivity contribution in [3.05, 3.63) is 6.67 Å². The van der Waals surface area contributed by atoms with Crippen molar-refractivity contribution in [1.82, 2.24) is 9.80 Å². The van der Waals surface area contributed by atoms with Crippen LogP contribution in [0.2, 0.25) is 0 Å². The molecule has 0 aliphatic rings. The maximum atomic E-state index is 2.19. The van der Waals surface area contributed by atoms with Crippen molar-refractivity contribution in [2.45, 2.75) is 26.3 Å². The Labute approximate surface area is 64.8 Å². The maximum Gasteiger partial charge on any atom is 0.0918 e. The molecule has 2 heteroatoms. The van der Waals surface area contributed by atoms with Crippen LogP contribution in [-0.2, 0) is 0 Å². The summed E-state index contributed by atoms with van der Waals surface area (Å²) in [5, 5.41) is 0. The lowest BCUT2D eigenvalue weighted by Gasteiger charge is -2.33. The molecule has 0 aromatic heterocycles. The van der Waals surface area contributed by atoms with Gasteiger partial charge >= 0.3 is 0 Å². The predicted molar refractivity (Wildman–Crippen MR) is 45.5 cm³/mol. The van der Waals surface area contributed by atoms with E-state index < -0.39 is 0 Å². The molecule has 0 spiro atoms. The molecule has 10 heavy (non-hydrogen) atoms. The fourth-order valence-corrected chi connectivity index (χ4v) is 0.520. The highest BCUT2D eigenvalue weighted by Crippen LogP contribution is 2.11. The maximum absolute atomic E-state index is 2.19. The van der Waals surface area contributed by atoms with Crippen molar-refractivity contribution in [2.75, 3.05) is 21.1 Å². The monoisotopic (exact) mass is 143 g/mol. The number of hydrogen-bond acceptors (Lipinski definition) is 2. The lowest BCUT2D eigenvalue weighted by molar-refractivity contribution is 0.166. The van der Waals surface area contributed by atoms with Gasteiger partial charge in [-0.1, -0.05) is 0 Å². The van der Waals surface area contributed by atoms with E-state index in [1.807, 2.05) is 19.0 Å². The molecule has 0 saturated carbocycles. The largest absolute Gasteiger partial charge is 0.292 e. The first kappa shape index (κ1) is 9.92. The second kappa shape index (κ2) is 3.35. The minimum absolute atomic E-state index is 0.226. The van der Waals surface area contributed by atoms with E-state index in [4.69, 9.17) is 0 Å². The van der Waals surface area contributed by atoms with Crippen LogP contribution >= 0.6 is 0 Å². The van der Waals surface area contributed by atoms with E-state index in [0.29, 0.717) is 0 Å². The van der Waals surface area contributed by atoms with Crippen LogP contribution in [-0.4, -0.2) is 36.5 Å². The van der Waals surface area contributed by atoms with Crippen LogP contribution in [0.4, 0.5) is 0 Å². The summed E-state index contributed by atoms with van der Waals surface area (Å²) < 4.78 is 0. The molecular weight excluding hydrogens is 124 g/mol. The topological polar surface area (TPSA) is 6.48 Å². The molecule has 0 atom stereocenters. The Morgan fingerprint density at radius 2 is 1.40 bits per heavy atom. The van der Waals surface area contributed by atoms with E-state index in [1.54, 1.807) is 0 Å². The van der Waals surface area contributed by atoms with Crippen LogP contribution in [0.1, 0.15) is 20.8 Å². The Morgan fingerprint density at radius 3 is 1.50 bits per heavy atom. The third-order valence-corrected chi connectivity index (χ3v) is 1.46. The predicted octanol–water partition coefficient (Wildman–Crippen LogP) is 1.40. The van der Waals surface area contributed by atoms with Gasteiger partial charge in [-0.05, 0) is 41.9 Å². The zero-order valence-electron chi connectivity index (χ0n) is 7.97. The Balaban J connectivity index is 3.73. The van der Waals surface area contributed by atoms with Gasteiger partial charge in [0.1, 0.15) is 0 Å². The summed E-state index contributed by atoms with van der Waals surface area (Å²) in [5.74, 6) is 0. The molecule has 61 valence electrons. The zero-order chi connectivity index (χ0) is 8.36. The first-order valence-corrected chi connectivity index (χ1v) is 3.58. The van der Waals surface area contributed by atoms with Crippen molar-refractivity contribution < 1.29 is 0 Å². The van der Waals surface area contributed by atoms with Gasteiger partial charge in [-0.15, -0.1) is 0 Å². The SMILES string of the molecule is CN(C)[CH]N(C)C(C)(C)C. The molecule has 2 nitrogen and oxygen atoms in total. The van der Waals surface area contributed by atoms with Gasteiger partial charge in [-0.3, -0.25) is 9.80 Å². The third-order valence-electron chi connectivity index (χ3n) is 1.46. The summed E-state index contributed by atoms with van der Waals surface area (Å²) in [7, 11) is 6.14. The van der Waals surface area contributed by atoms with Crippen LogP contribution < -0.4 is 0 Å². The molecule has 0 unspecified atom stereocenters. The highest BCUT2D eigenvalue weighted by atomic mass is 15.3. The van der Waals surface area contributed by atoms with Gasteiger partial charge in [0, 0.05) is 5.54 Å². The van der Waals surface area contributed by atoms with E-state index in [-0.39, 0.29) is 5.54 Å². The minimum atomic E-state index is 0.226. The zero-order valence-corrected chi connectivity index (χ0v) is 7.97. The van der Waals surface area contributed by atoms with Crippen LogP contribution in [0.3, 0.4) is 0 Å². The van der Waals surface area contributed by atoms with E-state index in [2.05, 4.69) is 39.4 Å². The Morgan fingerprint density at radius 1 is 1.00 bits per heavy atom. The summed E-state index contributed by atoms with van der Waals surface area (Å²) in [6, 6.07) is 0. The minimum Gasteiger partial charge on any atom is -0.292 e. The van der Waals surface area contributed by atoms with Gasteiger partial charge in [-0.2, -0.15) is 0 Å². The standard InChI is InChI=1S/C8H19N2/c1-8(2,3)10(6)7-9(4)5/h7H,1-6H3. The van der Waals surface area contributed by atoms with E-state index >= 15 is 0 Å². The smallest absolute Gasteiger partial charge is 0.0918 e. The van der Waals surface area contributed by atoms with Crippen LogP contribution in [0, 0.1) is 6.67 Å². The first-order valence-electron chi connectivity index (χ1n) is 3.58. The third kappa shape index (κ3) is 3.85. The Bertz CT molecular complexity index is 91.9. The highest BCUT2D eigenvalue weighted by molar-refractivity contribution is 4.77. The molecule has 0 rings (SSSR count). The molecule has 0 bridgehead atoms. The van der Waals surface area contributed by atoms with E-state index in [0.717, 1.165) is 0 Å². The second-order valence-corrected chi connectivity index (χ2v) is 3.86. The normalized spacial score (nSPS) is 13.2. The summed E-state index contributed by atoms with van der Waals surface area (Å²) in [4.78, 5) is 4.23. The molecule has 0 amide bonds. The van der Waals surface area contributed by atoms with Crippen molar-refractivity contribution in [3.63, 3.8) is 0 Å². The van der Waals surface area contributed by atoms with E-state index in [1.165, 1.54) is 0 Å². The molecule has 0 saturated heterocycles. The summed E-state index contributed by atoms with van der Waals surface area (Å²) in [6.07, 6.45) is 0. The molecule has 0 aromatic carbocycles. The van der Waals surface area contributed by atoms with E-state index in [9.17, 15) is 0 Å². The number of nitrogens with zero attached hydrogens (tertiary/aromatic N) is 2. The lowest BCUT2D eigenvalue weighted by atomic mass is 10.1. The van der Waals surface area contributed by atoms with Crippen LogP contribution in [0.5, 0.6) is 0 Å². The average molecular weight is 143 g/mol. The number of hydrogen-bond donors (Lipinski definition) is 0. The fourth-order valence-electron chi connectivity index (χ4n) is 0.520. The van der Waals surface area contributed by atoms with Crippen LogP contribution in [0.25, 0.3) is 0 Å². The molecule has 0 N–H and O–H groups in total. The molecule has 1 radical (unpaired) electrons. The molecule has 0 aromatic rings. The molecule has 0 heterocycles. The number of rotatable bonds is 2. The highest BCUT2D eigenvalue weighted by Gasteiger charge is 2.16. The second-order valence-electron chi connectivity index (χ2n) is 3.86. The Kier molecular flexibility index (Phi) is 3.33. The molecule has 0 aliphatic carbocycles. The molecule has 0 aliphatic heterocycles. The average Bonchev–Trinajstić information content (AvgIpc) is 1.60. The Hall–Kier alpha value is -0.0800. The van der Waals surface area contributed by atoms with Crippen LogP contribution in [0.15, 0.2) is 0 Å². The quantitative estimate of drug-likeness (QED) is 0.576. The fraction of sp³-hybridized carbons (Fsp3) is 0.875. The van der Waals surface area contributed by atoms with Crippen molar-refractivity contribution in [2.24, 2.45) is 0 Å². The van der Waals surface area contributed by atoms with Crippen molar-refractivity contribution >= 4 is 0 Å². The van der Waals surface area contributed by atoms with Gasteiger partial charge < -0.3 is 0 Å². The van der Waals surface area contributed by atoms with Gasteiger partial charge in [0.15, 0.2) is 0 Å². The summed E-state index contributed by atoms with van der Waals surface area (Å²) in [6.45, 7) is 8.65. The van der Waals surface area contributed by atoms with Crippen molar-refractivity contribution in [3.8, 4) is 0 Å². The van der Waals surface area contributed by atoms with Gasteiger partial charge in [0.25, 0.3) is 0 Å². The summed E-state index contributed by atoms with van der Waals surface area (Å²) in [5.41, 5.74) is 0.226. The van der Waals surface area contributed by atoms with Gasteiger partial charge in [-0.25, -0.2) is 0 Å².